The van der Waals surface area contributed by atoms with Crippen LogP contribution in [-0.2, 0) is 9.59 Å². The van der Waals surface area contributed by atoms with Gasteiger partial charge in [0.1, 0.15) is 11.3 Å². The maximum atomic E-state index is 12.7. The Morgan fingerprint density at radius 2 is 1.96 bits per heavy atom. The van der Waals surface area contributed by atoms with E-state index in [2.05, 4.69) is 5.32 Å². The Morgan fingerprint density at radius 1 is 1.22 bits per heavy atom. The third-order valence-electron chi connectivity index (χ3n) is 3.08. The Kier molecular flexibility index (Phi) is 4.51. The molecule has 1 saturated heterocycles. The molecule has 0 bridgehead atoms. The monoisotopic (exact) mass is 458 g/mol. The molecule has 1 aliphatic rings. The van der Waals surface area contributed by atoms with E-state index in [9.17, 15) is 9.59 Å². The van der Waals surface area contributed by atoms with Crippen LogP contribution in [0.15, 0.2) is 46.4 Å². The van der Waals surface area contributed by atoms with Crippen LogP contribution in [0.5, 0.6) is 0 Å². The zero-order chi connectivity index (χ0) is 16.6. The highest BCUT2D eigenvalue weighted by atomic mass is 127. The van der Waals surface area contributed by atoms with Crippen LogP contribution in [0.2, 0.25) is 5.02 Å². The normalized spacial score (nSPS) is 16.9. The highest BCUT2D eigenvalue weighted by Crippen LogP contribution is 2.29. The van der Waals surface area contributed by atoms with Crippen LogP contribution in [0.1, 0.15) is 5.76 Å². The second-order valence-electron chi connectivity index (χ2n) is 4.55. The molecule has 0 radical (unpaired) electrons. The molecule has 0 spiro atoms. The van der Waals surface area contributed by atoms with E-state index in [1.165, 1.54) is 11.0 Å². The van der Waals surface area contributed by atoms with Gasteiger partial charge in [0, 0.05) is 0 Å². The van der Waals surface area contributed by atoms with Gasteiger partial charge >= 0.3 is 0 Å². The van der Waals surface area contributed by atoms with Crippen LogP contribution in [0, 0.1) is 3.77 Å². The number of para-hydroxylation sites is 1. The number of carbonyl (C=O) groups excluding carboxylic acids is 2. The fourth-order valence-corrected chi connectivity index (χ4v) is 2.99. The van der Waals surface area contributed by atoms with E-state index in [1.807, 2.05) is 22.6 Å². The Bertz CT molecular complexity index is 862. The number of halogens is 2. The second-order valence-corrected chi connectivity index (χ2v) is 6.41. The van der Waals surface area contributed by atoms with Crippen molar-refractivity contribution in [3.63, 3.8) is 0 Å². The van der Waals surface area contributed by atoms with Gasteiger partial charge in [-0.1, -0.05) is 23.7 Å². The lowest BCUT2D eigenvalue weighted by Crippen LogP contribution is -2.54. The summed E-state index contributed by atoms with van der Waals surface area (Å²) < 4.78 is 6.02. The fourth-order valence-electron chi connectivity index (χ4n) is 2.06. The average molecular weight is 459 g/mol. The number of rotatable bonds is 2. The summed E-state index contributed by atoms with van der Waals surface area (Å²) in [7, 11) is 0. The SMILES string of the molecule is O=C1NC(=S)N(c2ccccc2Cl)C(=O)/C1=C/c1ccc(I)o1. The average Bonchev–Trinajstić information content (AvgIpc) is 2.91. The minimum atomic E-state index is -0.574. The van der Waals surface area contributed by atoms with Crippen molar-refractivity contribution in [2.45, 2.75) is 0 Å². The van der Waals surface area contributed by atoms with Crippen molar-refractivity contribution in [2.75, 3.05) is 4.90 Å². The van der Waals surface area contributed by atoms with E-state index in [4.69, 9.17) is 28.2 Å². The molecule has 0 aliphatic carbocycles. The molecule has 0 unspecified atom stereocenters. The summed E-state index contributed by atoms with van der Waals surface area (Å²) in [5.74, 6) is -0.729. The van der Waals surface area contributed by atoms with Crippen LogP contribution >= 0.6 is 46.4 Å². The lowest BCUT2D eigenvalue weighted by molar-refractivity contribution is -0.122. The van der Waals surface area contributed by atoms with Crippen molar-refractivity contribution in [3.05, 3.63) is 56.5 Å². The van der Waals surface area contributed by atoms with E-state index in [0.29, 0.717) is 20.2 Å². The predicted octanol–water partition coefficient (Wildman–Crippen LogP) is 3.37. The summed E-state index contributed by atoms with van der Waals surface area (Å²) in [4.78, 5) is 26.0. The van der Waals surface area contributed by atoms with Crippen LogP contribution < -0.4 is 10.2 Å². The molecule has 3 rings (SSSR count). The Morgan fingerprint density at radius 3 is 2.61 bits per heavy atom. The number of furan rings is 1. The predicted molar refractivity (Wildman–Crippen MR) is 99.1 cm³/mol. The van der Waals surface area contributed by atoms with Crippen molar-refractivity contribution in [1.82, 2.24) is 5.32 Å². The molecule has 2 aromatic rings. The second kappa shape index (κ2) is 6.42. The number of benzene rings is 1. The smallest absolute Gasteiger partial charge is 0.270 e. The molecule has 5 nitrogen and oxygen atoms in total. The van der Waals surface area contributed by atoms with Gasteiger partial charge in [-0.2, -0.15) is 0 Å². The molecule has 2 amide bonds. The lowest BCUT2D eigenvalue weighted by Gasteiger charge is -2.29. The molecule has 2 heterocycles. The molecule has 1 aromatic carbocycles. The van der Waals surface area contributed by atoms with Gasteiger partial charge in [0.05, 0.1) is 10.7 Å². The molecule has 1 aliphatic heterocycles. The third kappa shape index (κ3) is 3.17. The number of amides is 2. The number of nitrogens with zero attached hydrogens (tertiary/aromatic N) is 1. The highest BCUT2D eigenvalue weighted by Gasteiger charge is 2.35. The molecule has 1 fully saturated rings. The minimum absolute atomic E-state index is 0.0146. The van der Waals surface area contributed by atoms with Crippen molar-refractivity contribution in [1.29, 1.82) is 0 Å². The summed E-state index contributed by atoms with van der Waals surface area (Å²) in [6.45, 7) is 0. The first-order valence-corrected chi connectivity index (χ1v) is 8.25. The van der Waals surface area contributed by atoms with Crippen molar-refractivity contribution >= 4 is 75.1 Å². The third-order valence-corrected chi connectivity index (χ3v) is 4.26. The molecule has 1 N–H and O–H groups in total. The number of nitrogens with one attached hydrogen (secondary N) is 1. The van der Waals surface area contributed by atoms with Crippen LogP contribution in [0.3, 0.4) is 0 Å². The maximum absolute atomic E-state index is 12.7. The van der Waals surface area contributed by atoms with Gasteiger partial charge in [0.2, 0.25) is 0 Å². The summed E-state index contributed by atoms with van der Waals surface area (Å²) in [5.41, 5.74) is 0.327. The fraction of sp³-hybridized carbons (Fsp3) is 0. The molecule has 1 aromatic heterocycles. The number of thiocarbonyl (C=S) groups is 1. The zero-order valence-electron chi connectivity index (χ0n) is 11.4. The van der Waals surface area contributed by atoms with E-state index in [0.717, 1.165) is 0 Å². The quantitative estimate of drug-likeness (QED) is 0.324. The summed E-state index contributed by atoms with van der Waals surface area (Å²) in [6, 6.07) is 10.2. The van der Waals surface area contributed by atoms with Crippen LogP contribution in [-0.4, -0.2) is 16.9 Å². The number of hydrogen-bond acceptors (Lipinski definition) is 4. The summed E-state index contributed by atoms with van der Waals surface area (Å²) >= 11 is 13.2. The van der Waals surface area contributed by atoms with Gasteiger partial charge < -0.3 is 4.42 Å². The van der Waals surface area contributed by atoms with Gasteiger partial charge in [0.15, 0.2) is 8.88 Å². The van der Waals surface area contributed by atoms with Crippen molar-refractivity contribution < 1.29 is 14.0 Å². The summed E-state index contributed by atoms with van der Waals surface area (Å²) in [5, 5.41) is 2.83. The largest absolute Gasteiger partial charge is 0.451 e. The number of hydrogen-bond donors (Lipinski definition) is 1. The first-order valence-electron chi connectivity index (χ1n) is 6.38. The van der Waals surface area contributed by atoms with Crippen molar-refractivity contribution in [3.8, 4) is 0 Å². The maximum Gasteiger partial charge on any atom is 0.270 e. The summed E-state index contributed by atoms with van der Waals surface area (Å²) in [6.07, 6.45) is 1.38. The Hall–Kier alpha value is -1.71. The van der Waals surface area contributed by atoms with Crippen molar-refractivity contribution in [2.24, 2.45) is 0 Å². The Labute approximate surface area is 155 Å². The van der Waals surface area contributed by atoms with Crippen LogP contribution in [0.25, 0.3) is 6.08 Å². The molecular formula is C15H8ClIN2O3S. The zero-order valence-corrected chi connectivity index (χ0v) is 15.1. The van der Waals surface area contributed by atoms with E-state index in [-0.39, 0.29) is 10.7 Å². The van der Waals surface area contributed by atoms with Crippen LogP contribution in [0.4, 0.5) is 5.69 Å². The number of anilines is 1. The number of carbonyl (C=O) groups is 2. The first kappa shape index (κ1) is 16.2. The lowest BCUT2D eigenvalue weighted by atomic mass is 10.1. The van der Waals surface area contributed by atoms with Gasteiger partial charge in [-0.3, -0.25) is 19.8 Å². The highest BCUT2D eigenvalue weighted by molar-refractivity contribution is 14.1. The molecular weight excluding hydrogens is 451 g/mol. The molecule has 0 saturated carbocycles. The molecule has 0 atom stereocenters. The molecule has 116 valence electrons. The van der Waals surface area contributed by atoms with E-state index in [1.54, 1.807) is 36.4 Å². The van der Waals surface area contributed by atoms with Gasteiger partial charge in [-0.05, 0) is 65.2 Å². The van der Waals surface area contributed by atoms with Gasteiger partial charge in [-0.25, -0.2) is 0 Å². The molecule has 8 heteroatoms. The first-order chi connectivity index (χ1) is 11.0. The van der Waals surface area contributed by atoms with Gasteiger partial charge in [-0.15, -0.1) is 0 Å². The van der Waals surface area contributed by atoms with E-state index >= 15 is 0 Å². The minimum Gasteiger partial charge on any atom is -0.451 e. The Balaban J connectivity index is 2.04. The molecule has 23 heavy (non-hydrogen) atoms. The van der Waals surface area contributed by atoms with Gasteiger partial charge in [0.25, 0.3) is 11.8 Å². The standard InChI is InChI=1S/C15H8ClIN2O3S/c16-10-3-1-2-4-11(10)19-14(21)9(13(20)18-15(19)23)7-8-5-6-12(17)22-8/h1-7H,(H,18,20,23)/b9-7+. The van der Waals surface area contributed by atoms with E-state index < -0.39 is 11.8 Å². The topological polar surface area (TPSA) is 62.6 Å².